The molecule has 2 aromatic heterocycles. The van der Waals surface area contributed by atoms with Crippen molar-refractivity contribution in [3.05, 3.63) is 53.5 Å². The maximum absolute atomic E-state index is 12.1. The molecule has 3 rings (SSSR count). The first-order valence-electron chi connectivity index (χ1n) is 7.56. The van der Waals surface area contributed by atoms with Crippen LogP contribution in [0, 0.1) is 6.92 Å². The number of hydrogen-bond donors (Lipinski definition) is 2. The van der Waals surface area contributed by atoms with Gasteiger partial charge in [-0.15, -0.1) is 0 Å². The van der Waals surface area contributed by atoms with Gasteiger partial charge in [0.05, 0.1) is 0 Å². The lowest BCUT2D eigenvalue weighted by Gasteiger charge is -2.03. The van der Waals surface area contributed by atoms with E-state index in [1.54, 1.807) is 0 Å². The summed E-state index contributed by atoms with van der Waals surface area (Å²) in [7, 11) is 0. The third kappa shape index (κ3) is 2.74. The summed E-state index contributed by atoms with van der Waals surface area (Å²) in [6, 6.07) is 10.0. The van der Waals surface area contributed by atoms with Crippen LogP contribution < -0.4 is 5.32 Å². The number of amides is 1. The number of aromatic amines is 1. The van der Waals surface area contributed by atoms with Crippen LogP contribution in [0.25, 0.3) is 10.9 Å². The van der Waals surface area contributed by atoms with Crippen molar-refractivity contribution in [3.63, 3.8) is 0 Å². The molecule has 0 aliphatic rings. The zero-order chi connectivity index (χ0) is 15.5. The van der Waals surface area contributed by atoms with Crippen LogP contribution in [0.3, 0.4) is 0 Å². The van der Waals surface area contributed by atoms with E-state index < -0.39 is 0 Å². The summed E-state index contributed by atoms with van der Waals surface area (Å²) in [6.07, 6.45) is 2.80. The van der Waals surface area contributed by atoms with Crippen LogP contribution in [0.1, 0.15) is 28.7 Å². The van der Waals surface area contributed by atoms with Crippen LogP contribution in [0.2, 0.25) is 0 Å². The lowest BCUT2D eigenvalue weighted by atomic mass is 10.1. The van der Waals surface area contributed by atoms with E-state index in [0.29, 0.717) is 12.2 Å². The molecule has 3 aromatic rings. The van der Waals surface area contributed by atoms with Gasteiger partial charge in [-0.1, -0.05) is 18.2 Å². The summed E-state index contributed by atoms with van der Waals surface area (Å²) in [5.41, 5.74) is 3.83. The lowest BCUT2D eigenvalue weighted by Crippen LogP contribution is -2.26. The van der Waals surface area contributed by atoms with Gasteiger partial charge in [-0.3, -0.25) is 9.48 Å². The van der Waals surface area contributed by atoms with Gasteiger partial charge in [0.2, 0.25) is 0 Å². The normalized spacial score (nSPS) is 11.0. The fraction of sp³-hybridized carbons (Fsp3) is 0.294. The first-order chi connectivity index (χ1) is 10.7. The summed E-state index contributed by atoms with van der Waals surface area (Å²) in [5.74, 6) is -0.116. The molecule has 5 heteroatoms. The number of aromatic nitrogens is 3. The van der Waals surface area contributed by atoms with Crippen molar-refractivity contribution >= 4 is 16.8 Å². The van der Waals surface area contributed by atoms with E-state index in [-0.39, 0.29) is 5.91 Å². The van der Waals surface area contributed by atoms with Gasteiger partial charge in [0.1, 0.15) is 5.69 Å². The molecule has 2 heterocycles. The monoisotopic (exact) mass is 296 g/mol. The van der Waals surface area contributed by atoms with Gasteiger partial charge >= 0.3 is 0 Å². The molecule has 0 bridgehead atoms. The van der Waals surface area contributed by atoms with Crippen LogP contribution in [0.4, 0.5) is 0 Å². The van der Waals surface area contributed by atoms with E-state index in [1.165, 1.54) is 10.9 Å². The number of nitrogens with one attached hydrogen (secondary N) is 2. The first-order valence-corrected chi connectivity index (χ1v) is 7.56. The molecule has 0 atom stereocenters. The SMILES string of the molecule is CCn1nc(C(=O)NCCc2c[nH]c3ccccc23)cc1C. The Morgan fingerprint density at radius 1 is 1.36 bits per heavy atom. The molecule has 0 spiro atoms. The maximum Gasteiger partial charge on any atom is 0.271 e. The van der Waals surface area contributed by atoms with Crippen LogP contribution in [-0.4, -0.2) is 27.2 Å². The Hall–Kier alpha value is -2.56. The fourth-order valence-electron chi connectivity index (χ4n) is 2.68. The molecule has 0 saturated carbocycles. The summed E-state index contributed by atoms with van der Waals surface area (Å²) < 4.78 is 1.83. The van der Waals surface area contributed by atoms with Crippen molar-refractivity contribution in [2.45, 2.75) is 26.8 Å². The molecule has 5 nitrogen and oxygen atoms in total. The third-order valence-corrected chi connectivity index (χ3v) is 3.87. The number of fused-ring (bicyclic) bond motifs is 1. The average molecular weight is 296 g/mol. The molecule has 0 aliphatic heterocycles. The Bertz CT molecular complexity index is 800. The number of rotatable bonds is 5. The van der Waals surface area contributed by atoms with E-state index in [0.717, 1.165) is 24.2 Å². The van der Waals surface area contributed by atoms with Crippen molar-refractivity contribution in [1.82, 2.24) is 20.1 Å². The number of carbonyl (C=O) groups excluding carboxylic acids is 1. The molecule has 0 saturated heterocycles. The molecule has 0 fully saturated rings. The first kappa shape index (κ1) is 14.4. The topological polar surface area (TPSA) is 62.7 Å². The zero-order valence-electron chi connectivity index (χ0n) is 12.9. The summed E-state index contributed by atoms with van der Waals surface area (Å²) in [6.45, 7) is 5.34. The van der Waals surface area contributed by atoms with E-state index in [2.05, 4.69) is 27.5 Å². The summed E-state index contributed by atoms with van der Waals surface area (Å²) >= 11 is 0. The van der Waals surface area contributed by atoms with Gasteiger partial charge < -0.3 is 10.3 Å². The largest absolute Gasteiger partial charge is 0.361 e. The Kier molecular flexibility index (Phi) is 3.96. The Balaban J connectivity index is 1.61. The second kappa shape index (κ2) is 6.05. The van der Waals surface area contributed by atoms with Gasteiger partial charge in [0, 0.05) is 35.9 Å². The summed E-state index contributed by atoms with van der Waals surface area (Å²) in [5, 5.41) is 8.44. The highest BCUT2D eigenvalue weighted by atomic mass is 16.1. The van der Waals surface area contributed by atoms with Gasteiger partial charge in [-0.25, -0.2) is 0 Å². The van der Waals surface area contributed by atoms with E-state index in [4.69, 9.17) is 0 Å². The van der Waals surface area contributed by atoms with Crippen molar-refractivity contribution < 1.29 is 4.79 Å². The predicted molar refractivity (Wildman–Crippen MR) is 87.0 cm³/mol. The van der Waals surface area contributed by atoms with Crippen molar-refractivity contribution in [1.29, 1.82) is 0 Å². The van der Waals surface area contributed by atoms with Crippen LogP contribution in [0.15, 0.2) is 36.5 Å². The highest BCUT2D eigenvalue weighted by Crippen LogP contribution is 2.17. The smallest absolute Gasteiger partial charge is 0.271 e. The molecule has 2 N–H and O–H groups in total. The third-order valence-electron chi connectivity index (χ3n) is 3.87. The molecule has 1 amide bonds. The van der Waals surface area contributed by atoms with Crippen molar-refractivity contribution in [2.75, 3.05) is 6.54 Å². The number of benzene rings is 1. The predicted octanol–water partition coefficient (Wildman–Crippen LogP) is 2.67. The molecule has 1 aromatic carbocycles. The molecular formula is C17H20N4O. The van der Waals surface area contributed by atoms with E-state index in [1.807, 2.05) is 42.9 Å². The standard InChI is InChI=1S/C17H20N4O/c1-3-21-12(2)10-16(20-21)17(22)18-9-8-13-11-19-15-7-5-4-6-14(13)15/h4-7,10-11,19H,3,8-9H2,1-2H3,(H,18,22). The zero-order valence-corrected chi connectivity index (χ0v) is 12.9. The Labute approximate surface area is 129 Å². The number of carbonyl (C=O) groups is 1. The molecule has 0 radical (unpaired) electrons. The second-order valence-corrected chi connectivity index (χ2v) is 5.35. The molecule has 114 valence electrons. The number of aryl methyl sites for hydroxylation is 2. The van der Waals surface area contributed by atoms with Crippen molar-refractivity contribution in [2.24, 2.45) is 0 Å². The Morgan fingerprint density at radius 3 is 2.95 bits per heavy atom. The van der Waals surface area contributed by atoms with Gasteiger partial charge in [0.25, 0.3) is 5.91 Å². The summed E-state index contributed by atoms with van der Waals surface area (Å²) in [4.78, 5) is 15.4. The Morgan fingerprint density at radius 2 is 2.18 bits per heavy atom. The highest BCUT2D eigenvalue weighted by molar-refractivity contribution is 5.92. The number of H-pyrrole nitrogens is 1. The fourth-order valence-corrected chi connectivity index (χ4v) is 2.68. The van der Waals surface area contributed by atoms with Crippen LogP contribution >= 0.6 is 0 Å². The van der Waals surface area contributed by atoms with E-state index >= 15 is 0 Å². The lowest BCUT2D eigenvalue weighted by molar-refractivity contribution is 0.0948. The van der Waals surface area contributed by atoms with Gasteiger partial charge in [-0.05, 0) is 38.0 Å². The van der Waals surface area contributed by atoms with Gasteiger partial charge in [0.15, 0.2) is 0 Å². The molecule has 0 unspecified atom stereocenters. The molecule has 22 heavy (non-hydrogen) atoms. The molecular weight excluding hydrogens is 276 g/mol. The number of nitrogens with zero attached hydrogens (tertiary/aromatic N) is 2. The minimum Gasteiger partial charge on any atom is -0.361 e. The minimum absolute atomic E-state index is 0.116. The number of para-hydroxylation sites is 1. The van der Waals surface area contributed by atoms with Crippen LogP contribution in [-0.2, 0) is 13.0 Å². The average Bonchev–Trinajstić information content (AvgIpc) is 3.11. The maximum atomic E-state index is 12.1. The minimum atomic E-state index is -0.116. The highest BCUT2D eigenvalue weighted by Gasteiger charge is 2.11. The second-order valence-electron chi connectivity index (χ2n) is 5.35. The number of hydrogen-bond acceptors (Lipinski definition) is 2. The van der Waals surface area contributed by atoms with Crippen molar-refractivity contribution in [3.8, 4) is 0 Å². The quantitative estimate of drug-likeness (QED) is 0.760. The van der Waals surface area contributed by atoms with E-state index in [9.17, 15) is 4.79 Å². The molecule has 0 aliphatic carbocycles. The van der Waals surface area contributed by atoms with Gasteiger partial charge in [-0.2, -0.15) is 5.10 Å². The van der Waals surface area contributed by atoms with Crippen LogP contribution in [0.5, 0.6) is 0 Å².